The lowest BCUT2D eigenvalue weighted by Gasteiger charge is -2.36. The summed E-state index contributed by atoms with van der Waals surface area (Å²) in [7, 11) is 1.69. The highest BCUT2D eigenvalue weighted by atomic mass is 35.5. The van der Waals surface area contributed by atoms with Crippen LogP contribution in [0, 0.1) is 0 Å². The van der Waals surface area contributed by atoms with Crippen molar-refractivity contribution in [3.8, 4) is 11.5 Å². The average molecular weight is 458 g/mol. The SMILES string of the molecule is COc1ccc(N2CCN(CCCCNC(=O)C3=Cc4ccccc4OC3)CC2)cc1.Cl. The Bertz CT molecular complexity index is 909. The lowest BCUT2D eigenvalue weighted by molar-refractivity contribution is -0.117. The Labute approximate surface area is 196 Å². The number of amides is 1. The highest BCUT2D eigenvalue weighted by Gasteiger charge is 2.18. The molecule has 0 aliphatic carbocycles. The second kappa shape index (κ2) is 11.8. The van der Waals surface area contributed by atoms with E-state index in [1.165, 1.54) is 5.69 Å². The first-order valence-corrected chi connectivity index (χ1v) is 11.0. The van der Waals surface area contributed by atoms with Crippen LogP contribution in [0.5, 0.6) is 11.5 Å². The first-order chi connectivity index (χ1) is 15.2. The molecular weight excluding hydrogens is 426 g/mol. The maximum atomic E-state index is 12.4. The zero-order valence-corrected chi connectivity index (χ0v) is 19.4. The molecule has 0 radical (unpaired) electrons. The summed E-state index contributed by atoms with van der Waals surface area (Å²) in [4.78, 5) is 17.3. The molecule has 1 N–H and O–H groups in total. The molecule has 1 fully saturated rings. The van der Waals surface area contributed by atoms with Gasteiger partial charge in [-0.1, -0.05) is 18.2 Å². The van der Waals surface area contributed by atoms with Crippen LogP contribution in [0.15, 0.2) is 54.1 Å². The summed E-state index contributed by atoms with van der Waals surface area (Å²) in [5, 5.41) is 3.03. The summed E-state index contributed by atoms with van der Waals surface area (Å²) in [6.45, 7) is 6.33. The number of fused-ring (bicyclic) bond motifs is 1. The molecule has 1 amide bonds. The van der Waals surface area contributed by atoms with Crippen LogP contribution in [-0.2, 0) is 4.79 Å². The standard InChI is InChI=1S/C25H31N3O3.ClH/c1-30-23-10-8-22(9-11-23)28-16-14-27(15-17-28)13-5-4-12-26-25(29)21-18-20-6-2-3-7-24(20)31-19-21;/h2-3,6-11,18H,4-5,12-17,19H2,1H3,(H,26,29);1H. The fourth-order valence-corrected chi connectivity index (χ4v) is 4.05. The molecule has 2 aromatic carbocycles. The van der Waals surface area contributed by atoms with Crippen LogP contribution in [0.25, 0.3) is 6.08 Å². The van der Waals surface area contributed by atoms with Gasteiger partial charge in [-0.25, -0.2) is 0 Å². The molecule has 2 aliphatic rings. The van der Waals surface area contributed by atoms with E-state index < -0.39 is 0 Å². The molecule has 7 heteroatoms. The minimum atomic E-state index is -0.0254. The van der Waals surface area contributed by atoms with E-state index in [2.05, 4.69) is 27.2 Å². The van der Waals surface area contributed by atoms with E-state index >= 15 is 0 Å². The van der Waals surface area contributed by atoms with Crippen LogP contribution >= 0.6 is 12.4 Å². The summed E-state index contributed by atoms with van der Waals surface area (Å²) in [6, 6.07) is 16.1. The maximum absolute atomic E-state index is 12.4. The van der Waals surface area contributed by atoms with Gasteiger partial charge in [0, 0.05) is 44.0 Å². The van der Waals surface area contributed by atoms with Crippen molar-refractivity contribution < 1.29 is 14.3 Å². The van der Waals surface area contributed by atoms with Gasteiger partial charge in [-0.15, -0.1) is 12.4 Å². The average Bonchev–Trinajstić information content (AvgIpc) is 2.84. The molecule has 2 heterocycles. The summed E-state index contributed by atoms with van der Waals surface area (Å²) < 4.78 is 10.9. The number of carbonyl (C=O) groups is 1. The number of ether oxygens (including phenoxy) is 2. The number of carbonyl (C=O) groups excluding carboxylic acids is 1. The monoisotopic (exact) mass is 457 g/mol. The Kier molecular flexibility index (Phi) is 8.82. The van der Waals surface area contributed by atoms with Gasteiger partial charge in [0.15, 0.2) is 0 Å². The molecule has 0 unspecified atom stereocenters. The number of hydrogen-bond acceptors (Lipinski definition) is 5. The van der Waals surface area contributed by atoms with E-state index in [1.54, 1.807) is 7.11 Å². The number of methoxy groups -OCH3 is 1. The predicted molar refractivity (Wildman–Crippen MR) is 131 cm³/mol. The summed E-state index contributed by atoms with van der Waals surface area (Å²) in [5.41, 5.74) is 2.91. The Morgan fingerprint density at radius 1 is 1.03 bits per heavy atom. The minimum Gasteiger partial charge on any atom is -0.497 e. The Balaban J connectivity index is 0.00000289. The van der Waals surface area contributed by atoms with Gasteiger partial charge in [-0.05, 0) is 55.8 Å². The molecular formula is C25H32ClN3O3. The number of benzene rings is 2. The molecule has 6 nitrogen and oxygen atoms in total. The predicted octanol–water partition coefficient (Wildman–Crippen LogP) is 3.61. The largest absolute Gasteiger partial charge is 0.497 e. The molecule has 2 aliphatic heterocycles. The second-order valence-electron chi connectivity index (χ2n) is 7.99. The van der Waals surface area contributed by atoms with Crippen LogP contribution in [0.1, 0.15) is 18.4 Å². The van der Waals surface area contributed by atoms with Crippen LogP contribution in [0.3, 0.4) is 0 Å². The zero-order valence-electron chi connectivity index (χ0n) is 18.6. The molecule has 0 saturated carbocycles. The van der Waals surface area contributed by atoms with E-state index in [4.69, 9.17) is 9.47 Å². The van der Waals surface area contributed by atoms with Crippen molar-refractivity contribution >= 4 is 30.1 Å². The first-order valence-electron chi connectivity index (χ1n) is 11.0. The minimum absolute atomic E-state index is 0. The number of nitrogens with zero attached hydrogens (tertiary/aromatic N) is 2. The van der Waals surface area contributed by atoms with Crippen molar-refractivity contribution in [2.75, 3.05) is 57.9 Å². The topological polar surface area (TPSA) is 54.0 Å². The van der Waals surface area contributed by atoms with E-state index in [9.17, 15) is 4.79 Å². The zero-order chi connectivity index (χ0) is 21.5. The highest BCUT2D eigenvalue weighted by Crippen LogP contribution is 2.25. The van der Waals surface area contributed by atoms with Crippen LogP contribution < -0.4 is 19.7 Å². The Hall–Kier alpha value is -2.70. The van der Waals surface area contributed by atoms with Gasteiger partial charge in [0.25, 0.3) is 5.91 Å². The summed E-state index contributed by atoms with van der Waals surface area (Å²) >= 11 is 0. The molecule has 32 heavy (non-hydrogen) atoms. The van der Waals surface area contributed by atoms with E-state index in [0.717, 1.165) is 62.6 Å². The lowest BCUT2D eigenvalue weighted by atomic mass is 10.1. The molecule has 0 bridgehead atoms. The number of halogens is 1. The molecule has 172 valence electrons. The number of piperazine rings is 1. The van der Waals surface area contributed by atoms with Gasteiger partial charge in [0.2, 0.25) is 0 Å². The maximum Gasteiger partial charge on any atom is 0.250 e. The van der Waals surface area contributed by atoms with Crippen molar-refractivity contribution in [3.05, 3.63) is 59.7 Å². The smallest absolute Gasteiger partial charge is 0.250 e. The third-order valence-electron chi connectivity index (χ3n) is 5.92. The molecule has 1 saturated heterocycles. The second-order valence-corrected chi connectivity index (χ2v) is 7.99. The van der Waals surface area contributed by atoms with Gasteiger partial charge in [0.05, 0.1) is 12.7 Å². The number of para-hydroxylation sites is 1. The lowest BCUT2D eigenvalue weighted by Crippen LogP contribution is -2.46. The van der Waals surface area contributed by atoms with Gasteiger partial charge in [-0.3, -0.25) is 9.69 Å². The third kappa shape index (κ3) is 6.17. The molecule has 4 rings (SSSR count). The molecule has 2 aromatic rings. The van der Waals surface area contributed by atoms with Crippen molar-refractivity contribution in [1.82, 2.24) is 10.2 Å². The third-order valence-corrected chi connectivity index (χ3v) is 5.92. The Morgan fingerprint density at radius 2 is 1.78 bits per heavy atom. The summed E-state index contributed by atoms with van der Waals surface area (Å²) in [6.07, 6.45) is 3.99. The number of anilines is 1. The van der Waals surface area contributed by atoms with Gasteiger partial charge in [-0.2, -0.15) is 0 Å². The van der Waals surface area contributed by atoms with Gasteiger partial charge < -0.3 is 19.7 Å². The van der Waals surface area contributed by atoms with Crippen LogP contribution in [0.2, 0.25) is 0 Å². The van der Waals surface area contributed by atoms with Gasteiger partial charge in [0.1, 0.15) is 18.1 Å². The normalized spacial score (nSPS) is 15.7. The first kappa shape index (κ1) is 24.0. The van der Waals surface area contributed by atoms with Crippen LogP contribution in [-0.4, -0.2) is 63.8 Å². The highest BCUT2D eigenvalue weighted by molar-refractivity contribution is 5.99. The van der Waals surface area contributed by atoms with E-state index in [-0.39, 0.29) is 18.3 Å². The molecule has 0 aromatic heterocycles. The number of nitrogens with one attached hydrogen (secondary N) is 1. The van der Waals surface area contributed by atoms with Crippen molar-refractivity contribution in [2.45, 2.75) is 12.8 Å². The fraction of sp³-hybridized carbons (Fsp3) is 0.400. The Morgan fingerprint density at radius 3 is 2.53 bits per heavy atom. The van der Waals surface area contributed by atoms with Crippen molar-refractivity contribution in [2.24, 2.45) is 0 Å². The van der Waals surface area contributed by atoms with Crippen molar-refractivity contribution in [3.63, 3.8) is 0 Å². The number of hydrogen-bond donors (Lipinski definition) is 1. The summed E-state index contributed by atoms with van der Waals surface area (Å²) in [5.74, 6) is 1.71. The molecule has 0 spiro atoms. The number of unbranched alkanes of at least 4 members (excludes halogenated alkanes) is 1. The van der Waals surface area contributed by atoms with Crippen molar-refractivity contribution in [1.29, 1.82) is 0 Å². The number of rotatable bonds is 8. The quantitative estimate of drug-likeness (QED) is 0.614. The van der Waals surface area contributed by atoms with E-state index in [1.807, 2.05) is 42.5 Å². The van der Waals surface area contributed by atoms with Crippen LogP contribution in [0.4, 0.5) is 5.69 Å². The fourth-order valence-electron chi connectivity index (χ4n) is 4.05. The van der Waals surface area contributed by atoms with Gasteiger partial charge >= 0.3 is 0 Å². The van der Waals surface area contributed by atoms with E-state index in [0.29, 0.717) is 18.7 Å². The molecule has 0 atom stereocenters.